The van der Waals surface area contributed by atoms with Crippen LogP contribution in [0.15, 0.2) is 18.2 Å². The first kappa shape index (κ1) is 13.9. The maximum absolute atomic E-state index is 6.42. The Balaban J connectivity index is 2.67. The Hall–Kier alpha value is -2.02. The molecule has 0 aliphatic rings. The summed E-state index contributed by atoms with van der Waals surface area (Å²) in [5.41, 5.74) is 15.3. The third-order valence-electron chi connectivity index (χ3n) is 5.28. The van der Waals surface area contributed by atoms with Crippen molar-refractivity contribution in [2.24, 2.45) is 0 Å². The molecule has 0 unspecified atom stereocenters. The second kappa shape index (κ2) is 4.49. The first-order valence-electron chi connectivity index (χ1n) is 7.53. The average molecular weight is 277 g/mol. The van der Waals surface area contributed by atoms with E-state index in [0.29, 0.717) is 0 Å². The molecule has 0 fully saturated rings. The number of rotatable bonds is 0. The topological polar surface area (TPSA) is 26.0 Å². The van der Waals surface area contributed by atoms with E-state index >= 15 is 0 Å². The van der Waals surface area contributed by atoms with Crippen LogP contribution in [0.2, 0.25) is 0 Å². The Bertz CT molecular complexity index is 901. The van der Waals surface area contributed by atoms with Gasteiger partial charge in [-0.3, -0.25) is 0 Å². The molecule has 3 rings (SSSR count). The van der Waals surface area contributed by atoms with Crippen molar-refractivity contribution in [2.45, 2.75) is 41.5 Å². The van der Waals surface area contributed by atoms with Crippen LogP contribution < -0.4 is 5.73 Å². The molecule has 2 N–H and O–H groups in total. The van der Waals surface area contributed by atoms with Crippen LogP contribution in [0.25, 0.3) is 21.5 Å². The smallest absolute Gasteiger partial charge is 0.0426 e. The zero-order chi connectivity index (χ0) is 15.5. The third-order valence-corrected chi connectivity index (χ3v) is 5.28. The molecule has 3 aromatic carbocycles. The number of fused-ring (bicyclic) bond motifs is 2. The number of hydrogen-bond donors (Lipinski definition) is 1. The fourth-order valence-electron chi connectivity index (χ4n) is 3.58. The quantitative estimate of drug-likeness (QED) is 0.430. The molecule has 0 saturated heterocycles. The number of nitrogen functional groups attached to an aromatic ring is 1. The van der Waals surface area contributed by atoms with Gasteiger partial charge in [0.25, 0.3) is 0 Å². The van der Waals surface area contributed by atoms with Crippen LogP contribution in [0.3, 0.4) is 0 Å². The Labute approximate surface area is 126 Å². The molecule has 3 aromatic rings. The predicted molar refractivity (Wildman–Crippen MR) is 94.3 cm³/mol. The molecule has 0 bridgehead atoms. The molecule has 108 valence electrons. The van der Waals surface area contributed by atoms with Crippen LogP contribution in [0.4, 0.5) is 5.69 Å². The highest BCUT2D eigenvalue weighted by Crippen LogP contribution is 2.38. The molecule has 0 saturated carbocycles. The fraction of sp³-hybridized carbons (Fsp3) is 0.300. The largest absolute Gasteiger partial charge is 0.398 e. The van der Waals surface area contributed by atoms with E-state index in [1.165, 1.54) is 54.9 Å². The van der Waals surface area contributed by atoms with E-state index in [1.54, 1.807) is 0 Å². The first-order valence-corrected chi connectivity index (χ1v) is 7.53. The zero-order valence-electron chi connectivity index (χ0n) is 13.8. The number of aryl methyl sites for hydroxylation is 4. The van der Waals surface area contributed by atoms with Gasteiger partial charge in [-0.15, -0.1) is 0 Å². The monoisotopic (exact) mass is 277 g/mol. The van der Waals surface area contributed by atoms with Gasteiger partial charge >= 0.3 is 0 Å². The summed E-state index contributed by atoms with van der Waals surface area (Å²) in [6.07, 6.45) is 0. The summed E-state index contributed by atoms with van der Waals surface area (Å²) in [5, 5.41) is 5.20. The van der Waals surface area contributed by atoms with Crippen LogP contribution >= 0.6 is 0 Å². The lowest BCUT2D eigenvalue weighted by atomic mass is 9.87. The predicted octanol–water partition coefficient (Wildman–Crippen LogP) is 5.43. The van der Waals surface area contributed by atoms with E-state index in [1.807, 2.05) is 0 Å². The summed E-state index contributed by atoms with van der Waals surface area (Å²) in [4.78, 5) is 0. The number of benzene rings is 3. The van der Waals surface area contributed by atoms with E-state index in [9.17, 15) is 0 Å². The SMILES string of the molecule is Cc1ccc2cc3c(N)c(C)c(C)c(C)c3c(C)c2c1C. The number of hydrogen-bond acceptors (Lipinski definition) is 1. The molecule has 0 amide bonds. The molecule has 1 nitrogen and oxygen atoms in total. The van der Waals surface area contributed by atoms with Gasteiger partial charge in [0, 0.05) is 11.1 Å². The van der Waals surface area contributed by atoms with Gasteiger partial charge < -0.3 is 5.73 Å². The summed E-state index contributed by atoms with van der Waals surface area (Å²) in [7, 11) is 0. The standard InChI is InChI=1S/C20H23N/c1-10-7-8-16-9-17-19(15(6)18(16)11(10)2)13(4)12(3)14(5)20(17)21/h7-9H,21H2,1-6H3. The van der Waals surface area contributed by atoms with Gasteiger partial charge in [0.2, 0.25) is 0 Å². The number of anilines is 1. The van der Waals surface area contributed by atoms with Crippen molar-refractivity contribution < 1.29 is 0 Å². The Kier molecular flexibility index (Phi) is 2.98. The highest BCUT2D eigenvalue weighted by Gasteiger charge is 2.15. The van der Waals surface area contributed by atoms with E-state index in [-0.39, 0.29) is 0 Å². The van der Waals surface area contributed by atoms with Gasteiger partial charge in [-0.2, -0.15) is 0 Å². The van der Waals surface area contributed by atoms with Crippen molar-refractivity contribution in [1.29, 1.82) is 0 Å². The minimum Gasteiger partial charge on any atom is -0.398 e. The van der Waals surface area contributed by atoms with E-state index in [2.05, 4.69) is 59.7 Å². The van der Waals surface area contributed by atoms with Gasteiger partial charge in [-0.1, -0.05) is 12.1 Å². The minimum absolute atomic E-state index is 0.927. The Morgan fingerprint density at radius 2 is 1.33 bits per heavy atom. The highest BCUT2D eigenvalue weighted by molar-refractivity contribution is 6.09. The molecule has 1 heteroatoms. The maximum Gasteiger partial charge on any atom is 0.0426 e. The molecular formula is C20H23N. The molecule has 21 heavy (non-hydrogen) atoms. The normalized spacial score (nSPS) is 11.5. The van der Waals surface area contributed by atoms with Gasteiger partial charge in [0.1, 0.15) is 0 Å². The summed E-state index contributed by atoms with van der Waals surface area (Å²) in [6.45, 7) is 13.1. The summed E-state index contributed by atoms with van der Waals surface area (Å²) in [6, 6.07) is 6.68. The van der Waals surface area contributed by atoms with Gasteiger partial charge in [-0.05, 0) is 97.1 Å². The van der Waals surface area contributed by atoms with E-state index in [0.717, 1.165) is 5.69 Å². The third kappa shape index (κ3) is 1.77. The lowest BCUT2D eigenvalue weighted by molar-refractivity contribution is 1.29. The van der Waals surface area contributed by atoms with Crippen molar-refractivity contribution >= 4 is 27.2 Å². The molecule has 0 aliphatic carbocycles. The van der Waals surface area contributed by atoms with Crippen molar-refractivity contribution in [1.82, 2.24) is 0 Å². The Morgan fingerprint density at radius 1 is 0.667 bits per heavy atom. The lowest BCUT2D eigenvalue weighted by Gasteiger charge is -2.19. The maximum atomic E-state index is 6.42. The number of nitrogens with two attached hydrogens (primary N) is 1. The van der Waals surface area contributed by atoms with Gasteiger partial charge in [0.05, 0.1) is 0 Å². The average Bonchev–Trinajstić information content (AvgIpc) is 2.46. The van der Waals surface area contributed by atoms with Crippen LogP contribution in [0.1, 0.15) is 33.4 Å². The fourth-order valence-corrected chi connectivity index (χ4v) is 3.58. The zero-order valence-corrected chi connectivity index (χ0v) is 13.8. The summed E-state index contributed by atoms with van der Waals surface area (Å²) in [5.74, 6) is 0. The Morgan fingerprint density at radius 3 is 2.00 bits per heavy atom. The molecule has 0 spiro atoms. The van der Waals surface area contributed by atoms with E-state index in [4.69, 9.17) is 5.73 Å². The second-order valence-electron chi connectivity index (χ2n) is 6.32. The van der Waals surface area contributed by atoms with Crippen molar-refractivity contribution in [3.8, 4) is 0 Å². The van der Waals surface area contributed by atoms with Crippen molar-refractivity contribution in [3.63, 3.8) is 0 Å². The summed E-state index contributed by atoms with van der Waals surface area (Å²) >= 11 is 0. The second-order valence-corrected chi connectivity index (χ2v) is 6.32. The van der Waals surface area contributed by atoms with Crippen molar-refractivity contribution in [2.75, 3.05) is 5.73 Å². The molecule has 0 aromatic heterocycles. The molecule has 0 radical (unpaired) electrons. The minimum atomic E-state index is 0.927. The summed E-state index contributed by atoms with van der Waals surface area (Å²) < 4.78 is 0. The molecule has 0 heterocycles. The first-order chi connectivity index (χ1) is 9.84. The lowest BCUT2D eigenvalue weighted by Crippen LogP contribution is -2.00. The molecular weight excluding hydrogens is 254 g/mol. The van der Waals surface area contributed by atoms with Crippen molar-refractivity contribution in [3.05, 3.63) is 51.6 Å². The van der Waals surface area contributed by atoms with Gasteiger partial charge in [0.15, 0.2) is 0 Å². The highest BCUT2D eigenvalue weighted by atomic mass is 14.6. The molecule has 0 atom stereocenters. The van der Waals surface area contributed by atoms with Crippen LogP contribution in [-0.2, 0) is 0 Å². The van der Waals surface area contributed by atoms with Crippen LogP contribution in [0.5, 0.6) is 0 Å². The van der Waals surface area contributed by atoms with Crippen LogP contribution in [0, 0.1) is 41.5 Å². The van der Waals surface area contributed by atoms with E-state index < -0.39 is 0 Å². The van der Waals surface area contributed by atoms with Gasteiger partial charge in [-0.25, -0.2) is 0 Å². The molecule has 0 aliphatic heterocycles. The van der Waals surface area contributed by atoms with Crippen LogP contribution in [-0.4, -0.2) is 0 Å².